The average molecular weight is 520 g/mol. The number of amides is 2. The van der Waals surface area contributed by atoms with Crippen LogP contribution in [-0.2, 0) is 16.1 Å². The summed E-state index contributed by atoms with van der Waals surface area (Å²) in [5, 5.41) is 0. The van der Waals surface area contributed by atoms with Crippen LogP contribution in [0.25, 0.3) is 0 Å². The Morgan fingerprint density at radius 3 is 2.32 bits per heavy atom. The van der Waals surface area contributed by atoms with Gasteiger partial charge in [-0.05, 0) is 54.1 Å². The molecule has 0 bridgehead atoms. The minimum atomic E-state index is -1.06. The zero-order valence-electron chi connectivity index (χ0n) is 22.1. The Hall–Kier alpha value is -3.91. The van der Waals surface area contributed by atoms with Crippen LogP contribution in [-0.4, -0.2) is 74.7 Å². The number of anilines is 1. The zero-order valence-corrected chi connectivity index (χ0v) is 22.1. The molecule has 1 heterocycles. The van der Waals surface area contributed by atoms with Gasteiger partial charge in [0.1, 0.15) is 23.8 Å². The summed E-state index contributed by atoms with van der Waals surface area (Å²) in [4.78, 5) is 32.1. The number of hydrogen-bond acceptors (Lipinski definition) is 5. The molecule has 0 aromatic heterocycles. The number of benzene rings is 3. The van der Waals surface area contributed by atoms with Gasteiger partial charge in [-0.3, -0.25) is 9.59 Å². The van der Waals surface area contributed by atoms with Crippen LogP contribution >= 0.6 is 0 Å². The summed E-state index contributed by atoms with van der Waals surface area (Å²) >= 11 is 0. The van der Waals surface area contributed by atoms with Crippen LogP contribution in [0.3, 0.4) is 0 Å². The molecule has 2 amide bonds. The first-order chi connectivity index (χ1) is 18.2. The molecule has 8 heteroatoms. The van der Waals surface area contributed by atoms with Crippen molar-refractivity contribution in [1.82, 2.24) is 9.80 Å². The fourth-order valence-electron chi connectivity index (χ4n) is 4.45. The Morgan fingerprint density at radius 2 is 1.66 bits per heavy atom. The van der Waals surface area contributed by atoms with E-state index in [1.165, 1.54) is 24.3 Å². The summed E-state index contributed by atoms with van der Waals surface area (Å²) in [6.07, 6.45) is 0.0286. The Kier molecular flexibility index (Phi) is 8.63. The van der Waals surface area contributed by atoms with Gasteiger partial charge in [-0.1, -0.05) is 30.3 Å². The van der Waals surface area contributed by atoms with Crippen LogP contribution in [0.4, 0.5) is 10.1 Å². The van der Waals surface area contributed by atoms with E-state index in [1.807, 2.05) is 73.6 Å². The maximum atomic E-state index is 13.4. The molecule has 1 aliphatic rings. The first-order valence-corrected chi connectivity index (χ1v) is 12.6. The molecule has 4 rings (SSSR count). The first-order valence-electron chi connectivity index (χ1n) is 12.6. The number of carbonyl (C=O) groups is 2. The zero-order chi connectivity index (χ0) is 27.1. The first kappa shape index (κ1) is 27.1. The van der Waals surface area contributed by atoms with Gasteiger partial charge in [0.05, 0.1) is 19.6 Å². The number of halogens is 1. The molecule has 7 nitrogen and oxygen atoms in total. The molecule has 0 N–H and O–H groups in total. The lowest BCUT2D eigenvalue weighted by molar-refractivity contribution is -0.152. The predicted molar refractivity (Wildman–Crippen MR) is 145 cm³/mol. The van der Waals surface area contributed by atoms with Crippen molar-refractivity contribution >= 4 is 17.5 Å². The molecule has 3 aromatic rings. The lowest BCUT2D eigenvalue weighted by atomic mass is 9.96. The van der Waals surface area contributed by atoms with Crippen molar-refractivity contribution in [2.45, 2.75) is 18.6 Å². The van der Waals surface area contributed by atoms with Gasteiger partial charge in [-0.2, -0.15) is 0 Å². The van der Waals surface area contributed by atoms with Gasteiger partial charge < -0.3 is 24.2 Å². The maximum Gasteiger partial charge on any atom is 0.254 e. The number of morpholine rings is 1. The van der Waals surface area contributed by atoms with Crippen LogP contribution in [0.15, 0.2) is 78.9 Å². The van der Waals surface area contributed by atoms with Crippen molar-refractivity contribution < 1.29 is 23.5 Å². The number of rotatable bonds is 9. The summed E-state index contributed by atoms with van der Waals surface area (Å²) in [6.45, 7) is 1.35. The van der Waals surface area contributed by atoms with E-state index in [0.29, 0.717) is 24.4 Å². The number of nitrogens with zero attached hydrogens (tertiary/aromatic N) is 3. The largest absolute Gasteiger partial charge is 0.490 e. The molecule has 38 heavy (non-hydrogen) atoms. The van der Waals surface area contributed by atoms with Crippen molar-refractivity contribution in [2.24, 2.45) is 0 Å². The van der Waals surface area contributed by atoms with Gasteiger partial charge in [-0.25, -0.2) is 4.39 Å². The highest BCUT2D eigenvalue weighted by Gasteiger charge is 2.42. The standard InChI is InChI=1S/C30H34FN3O4/c1-32(2)26-13-9-24(10-14-26)29(36)34-17-18-38-30(21-34,22-37-27-15-11-25(31)12-16-27)19-28(35)33(3)20-23-7-5-4-6-8-23/h4-16H,17-22H2,1-3H3. The summed E-state index contributed by atoms with van der Waals surface area (Å²) in [6, 6.07) is 22.9. The number of hydrogen-bond donors (Lipinski definition) is 0. The van der Waals surface area contributed by atoms with Crippen molar-refractivity contribution in [3.8, 4) is 5.75 Å². The molecule has 0 spiro atoms. The van der Waals surface area contributed by atoms with Crippen LogP contribution in [0.2, 0.25) is 0 Å². The average Bonchev–Trinajstić information content (AvgIpc) is 2.93. The fourth-order valence-corrected chi connectivity index (χ4v) is 4.45. The van der Waals surface area contributed by atoms with E-state index in [9.17, 15) is 14.0 Å². The third-order valence-corrected chi connectivity index (χ3v) is 6.64. The van der Waals surface area contributed by atoms with Crippen LogP contribution in [0.5, 0.6) is 5.75 Å². The molecule has 0 aliphatic carbocycles. The molecule has 200 valence electrons. The molecule has 1 aliphatic heterocycles. The van der Waals surface area contributed by atoms with E-state index in [0.717, 1.165) is 11.3 Å². The van der Waals surface area contributed by atoms with E-state index < -0.39 is 5.60 Å². The van der Waals surface area contributed by atoms with Crippen molar-refractivity contribution in [3.63, 3.8) is 0 Å². The third kappa shape index (κ3) is 6.89. The SMILES string of the molecule is CN(Cc1ccccc1)C(=O)CC1(COc2ccc(F)cc2)CN(C(=O)c2ccc(N(C)C)cc2)CCO1. The smallest absolute Gasteiger partial charge is 0.254 e. The normalized spacial score (nSPS) is 17.1. The predicted octanol–water partition coefficient (Wildman–Crippen LogP) is 4.23. The Bertz CT molecular complexity index is 1220. The molecular formula is C30H34FN3O4. The summed E-state index contributed by atoms with van der Waals surface area (Å²) in [5.74, 6) is -0.158. The second kappa shape index (κ2) is 12.1. The van der Waals surface area contributed by atoms with Crippen molar-refractivity contribution in [1.29, 1.82) is 0 Å². The second-order valence-corrected chi connectivity index (χ2v) is 9.85. The van der Waals surface area contributed by atoms with Gasteiger partial charge in [0, 0.05) is 45.5 Å². The highest BCUT2D eigenvalue weighted by Crippen LogP contribution is 2.27. The lowest BCUT2D eigenvalue weighted by Gasteiger charge is -2.42. The van der Waals surface area contributed by atoms with Crippen LogP contribution in [0.1, 0.15) is 22.3 Å². The summed E-state index contributed by atoms with van der Waals surface area (Å²) < 4.78 is 25.6. The number of carbonyl (C=O) groups excluding carboxylic acids is 2. The molecule has 0 saturated carbocycles. The van der Waals surface area contributed by atoms with Gasteiger partial charge in [0.25, 0.3) is 5.91 Å². The van der Waals surface area contributed by atoms with Gasteiger partial charge in [0.2, 0.25) is 5.91 Å². The van der Waals surface area contributed by atoms with E-state index >= 15 is 0 Å². The molecule has 1 atom stereocenters. The fraction of sp³-hybridized carbons (Fsp3) is 0.333. The lowest BCUT2D eigenvalue weighted by Crippen LogP contribution is -2.58. The van der Waals surface area contributed by atoms with E-state index in [2.05, 4.69) is 0 Å². The van der Waals surface area contributed by atoms with Crippen molar-refractivity contribution in [2.75, 3.05) is 52.3 Å². The van der Waals surface area contributed by atoms with Crippen LogP contribution < -0.4 is 9.64 Å². The molecular weight excluding hydrogens is 485 g/mol. The molecule has 1 fully saturated rings. The van der Waals surface area contributed by atoms with Gasteiger partial charge in [-0.15, -0.1) is 0 Å². The number of ether oxygens (including phenoxy) is 2. The Morgan fingerprint density at radius 1 is 0.974 bits per heavy atom. The van der Waals surface area contributed by atoms with E-state index in [-0.39, 0.29) is 43.8 Å². The second-order valence-electron chi connectivity index (χ2n) is 9.85. The summed E-state index contributed by atoms with van der Waals surface area (Å²) in [5.41, 5.74) is 1.52. The summed E-state index contributed by atoms with van der Waals surface area (Å²) in [7, 11) is 5.64. The molecule has 3 aromatic carbocycles. The highest BCUT2D eigenvalue weighted by atomic mass is 19.1. The highest BCUT2D eigenvalue weighted by molar-refractivity contribution is 5.94. The van der Waals surface area contributed by atoms with E-state index in [4.69, 9.17) is 9.47 Å². The van der Waals surface area contributed by atoms with Crippen LogP contribution in [0, 0.1) is 5.82 Å². The van der Waals surface area contributed by atoms with E-state index in [1.54, 1.807) is 16.8 Å². The molecule has 1 unspecified atom stereocenters. The Balaban J connectivity index is 1.52. The quantitative estimate of drug-likeness (QED) is 0.424. The van der Waals surface area contributed by atoms with Gasteiger partial charge >= 0.3 is 0 Å². The minimum Gasteiger partial charge on any atom is -0.490 e. The van der Waals surface area contributed by atoms with Crippen molar-refractivity contribution in [3.05, 3.63) is 95.8 Å². The monoisotopic (exact) mass is 519 g/mol. The maximum absolute atomic E-state index is 13.4. The topological polar surface area (TPSA) is 62.3 Å². The molecule has 0 radical (unpaired) electrons. The molecule has 1 saturated heterocycles. The van der Waals surface area contributed by atoms with Gasteiger partial charge in [0.15, 0.2) is 0 Å². The third-order valence-electron chi connectivity index (χ3n) is 6.64. The minimum absolute atomic E-state index is 0.0286. The Labute approximate surface area is 223 Å².